The van der Waals surface area contributed by atoms with Gasteiger partial charge in [0, 0.05) is 18.8 Å². The summed E-state index contributed by atoms with van der Waals surface area (Å²) in [6.07, 6.45) is 1.67. The minimum absolute atomic E-state index is 0.0572. The standard InChI is InChI=1S/C20H19ClFN3O2S/c1-27-16-8-7-13(10-14(16)21)23-19(26)12-4-3-9-25(11-12)20-24-18-15(22)5-2-6-17(18)28-20/h2,5-8,10,12H,3-4,9,11H2,1H3,(H,23,26). The smallest absolute Gasteiger partial charge is 0.229 e. The van der Waals surface area contributed by atoms with Crippen molar-refractivity contribution in [3.63, 3.8) is 0 Å². The van der Waals surface area contributed by atoms with Gasteiger partial charge in [-0.15, -0.1) is 0 Å². The van der Waals surface area contributed by atoms with E-state index in [0.29, 0.717) is 28.5 Å². The van der Waals surface area contributed by atoms with Crippen LogP contribution < -0.4 is 15.0 Å². The number of methoxy groups -OCH3 is 1. The highest BCUT2D eigenvalue weighted by atomic mass is 35.5. The lowest BCUT2D eigenvalue weighted by Crippen LogP contribution is -2.40. The third-order valence-electron chi connectivity index (χ3n) is 4.84. The number of anilines is 2. The van der Waals surface area contributed by atoms with E-state index in [2.05, 4.69) is 15.2 Å². The lowest BCUT2D eigenvalue weighted by Gasteiger charge is -2.31. The van der Waals surface area contributed by atoms with Crippen LogP contribution in [-0.2, 0) is 4.79 Å². The number of nitrogens with zero attached hydrogens (tertiary/aromatic N) is 2. The number of rotatable bonds is 4. The van der Waals surface area contributed by atoms with E-state index in [4.69, 9.17) is 16.3 Å². The number of amides is 1. The van der Waals surface area contributed by atoms with E-state index in [9.17, 15) is 9.18 Å². The minimum Gasteiger partial charge on any atom is -0.495 e. The Balaban J connectivity index is 1.47. The molecule has 1 saturated heterocycles. The molecule has 0 radical (unpaired) electrons. The number of ether oxygens (including phenoxy) is 1. The van der Waals surface area contributed by atoms with Crippen molar-refractivity contribution in [2.45, 2.75) is 12.8 Å². The fourth-order valence-electron chi connectivity index (χ4n) is 3.39. The molecule has 28 heavy (non-hydrogen) atoms. The van der Waals surface area contributed by atoms with Gasteiger partial charge in [0.15, 0.2) is 5.13 Å². The summed E-state index contributed by atoms with van der Waals surface area (Å²) in [7, 11) is 1.55. The van der Waals surface area contributed by atoms with Gasteiger partial charge in [0.05, 0.1) is 22.8 Å². The molecule has 1 amide bonds. The molecule has 5 nitrogen and oxygen atoms in total. The summed E-state index contributed by atoms with van der Waals surface area (Å²) in [6.45, 7) is 1.36. The Bertz CT molecular complexity index is 1030. The highest BCUT2D eigenvalue weighted by molar-refractivity contribution is 7.22. The first kappa shape index (κ1) is 19.0. The van der Waals surface area contributed by atoms with E-state index in [1.165, 1.54) is 17.4 Å². The van der Waals surface area contributed by atoms with Gasteiger partial charge < -0.3 is 15.0 Å². The van der Waals surface area contributed by atoms with Crippen LogP contribution in [-0.4, -0.2) is 31.1 Å². The second-order valence-corrected chi connectivity index (χ2v) is 8.12. The second-order valence-electron chi connectivity index (χ2n) is 6.71. The van der Waals surface area contributed by atoms with Crippen LogP contribution in [0.4, 0.5) is 15.2 Å². The van der Waals surface area contributed by atoms with Crippen molar-refractivity contribution in [2.24, 2.45) is 5.92 Å². The van der Waals surface area contributed by atoms with Crippen molar-refractivity contribution < 1.29 is 13.9 Å². The Kier molecular flexibility index (Phi) is 5.37. The maximum atomic E-state index is 13.9. The maximum Gasteiger partial charge on any atom is 0.229 e. The van der Waals surface area contributed by atoms with Crippen molar-refractivity contribution in [2.75, 3.05) is 30.4 Å². The van der Waals surface area contributed by atoms with Crippen LogP contribution in [0.15, 0.2) is 36.4 Å². The Labute approximate surface area is 171 Å². The number of fused-ring (bicyclic) bond motifs is 1. The van der Waals surface area contributed by atoms with Crippen molar-refractivity contribution in [1.29, 1.82) is 0 Å². The van der Waals surface area contributed by atoms with E-state index >= 15 is 0 Å². The Morgan fingerprint density at radius 2 is 2.25 bits per heavy atom. The Morgan fingerprint density at radius 1 is 1.39 bits per heavy atom. The van der Waals surface area contributed by atoms with Gasteiger partial charge in [-0.05, 0) is 43.2 Å². The predicted octanol–water partition coefficient (Wildman–Crippen LogP) is 4.95. The van der Waals surface area contributed by atoms with Gasteiger partial charge in [-0.2, -0.15) is 0 Å². The van der Waals surface area contributed by atoms with E-state index < -0.39 is 0 Å². The molecule has 8 heteroatoms. The summed E-state index contributed by atoms with van der Waals surface area (Å²) in [4.78, 5) is 19.3. The van der Waals surface area contributed by atoms with E-state index in [1.54, 1.807) is 31.4 Å². The number of piperidine rings is 1. The number of halogens is 2. The molecule has 2 aromatic carbocycles. The Hall–Kier alpha value is -2.38. The summed E-state index contributed by atoms with van der Waals surface area (Å²) >= 11 is 7.58. The quantitative estimate of drug-likeness (QED) is 0.649. The highest BCUT2D eigenvalue weighted by Gasteiger charge is 2.28. The van der Waals surface area contributed by atoms with Crippen LogP contribution in [0.5, 0.6) is 5.75 Å². The highest BCUT2D eigenvalue weighted by Crippen LogP contribution is 2.33. The molecule has 3 aromatic rings. The molecule has 2 heterocycles. The van der Waals surface area contributed by atoms with Gasteiger partial charge in [0.1, 0.15) is 17.1 Å². The molecule has 1 aliphatic rings. The van der Waals surface area contributed by atoms with Crippen LogP contribution >= 0.6 is 22.9 Å². The van der Waals surface area contributed by atoms with Gasteiger partial charge in [-0.3, -0.25) is 4.79 Å². The summed E-state index contributed by atoms with van der Waals surface area (Å²) in [6, 6.07) is 10.1. The van der Waals surface area contributed by atoms with Crippen LogP contribution in [0.3, 0.4) is 0 Å². The van der Waals surface area contributed by atoms with Gasteiger partial charge in [-0.25, -0.2) is 9.37 Å². The number of aromatic nitrogens is 1. The number of benzene rings is 2. The molecule has 0 saturated carbocycles. The van der Waals surface area contributed by atoms with Crippen LogP contribution in [0.1, 0.15) is 12.8 Å². The number of carbonyl (C=O) groups is 1. The van der Waals surface area contributed by atoms with Crippen molar-refractivity contribution in [3.05, 3.63) is 47.2 Å². The van der Waals surface area contributed by atoms with Crippen LogP contribution in [0.25, 0.3) is 10.2 Å². The predicted molar refractivity (Wildman–Crippen MR) is 111 cm³/mol. The van der Waals surface area contributed by atoms with Crippen molar-refractivity contribution in [1.82, 2.24) is 4.98 Å². The number of carbonyl (C=O) groups excluding carboxylic acids is 1. The first-order valence-electron chi connectivity index (χ1n) is 8.99. The maximum absolute atomic E-state index is 13.9. The lowest BCUT2D eigenvalue weighted by molar-refractivity contribution is -0.120. The molecule has 1 fully saturated rings. The molecule has 0 spiro atoms. The summed E-state index contributed by atoms with van der Waals surface area (Å²) in [5.74, 6) is 0.0129. The number of para-hydroxylation sites is 1. The first-order valence-corrected chi connectivity index (χ1v) is 10.2. The lowest BCUT2D eigenvalue weighted by atomic mass is 9.97. The average molecular weight is 420 g/mol. The van der Waals surface area contributed by atoms with E-state index in [0.717, 1.165) is 29.2 Å². The van der Waals surface area contributed by atoms with Crippen LogP contribution in [0, 0.1) is 11.7 Å². The van der Waals surface area contributed by atoms with Gasteiger partial charge in [0.25, 0.3) is 0 Å². The third-order valence-corrected chi connectivity index (χ3v) is 6.22. The normalized spacial score (nSPS) is 17.0. The molecule has 1 atom stereocenters. The molecule has 0 aliphatic carbocycles. The Morgan fingerprint density at radius 3 is 3.00 bits per heavy atom. The SMILES string of the molecule is COc1ccc(NC(=O)C2CCCN(c3nc4c(F)cccc4s3)C2)cc1Cl. The number of thiazole rings is 1. The average Bonchev–Trinajstić information content (AvgIpc) is 3.14. The number of hydrogen-bond donors (Lipinski definition) is 1. The molecule has 1 unspecified atom stereocenters. The van der Waals surface area contributed by atoms with Crippen molar-refractivity contribution >= 4 is 49.9 Å². The zero-order chi connectivity index (χ0) is 19.7. The van der Waals surface area contributed by atoms with Gasteiger partial charge in [-0.1, -0.05) is 29.0 Å². The molecule has 1 N–H and O–H groups in total. The second kappa shape index (κ2) is 7.93. The topological polar surface area (TPSA) is 54.5 Å². The zero-order valence-electron chi connectivity index (χ0n) is 15.2. The fraction of sp³-hybridized carbons (Fsp3) is 0.300. The number of hydrogen-bond acceptors (Lipinski definition) is 5. The molecule has 4 rings (SSSR count). The zero-order valence-corrected chi connectivity index (χ0v) is 16.8. The van der Waals surface area contributed by atoms with Gasteiger partial charge in [0.2, 0.25) is 5.91 Å². The first-order chi connectivity index (χ1) is 13.5. The van der Waals surface area contributed by atoms with Crippen molar-refractivity contribution in [3.8, 4) is 5.75 Å². The molecule has 1 aliphatic heterocycles. The van der Waals surface area contributed by atoms with Crippen LogP contribution in [0.2, 0.25) is 5.02 Å². The minimum atomic E-state index is -0.317. The number of nitrogens with one attached hydrogen (secondary N) is 1. The summed E-state index contributed by atoms with van der Waals surface area (Å²) in [5.41, 5.74) is 1.02. The molecule has 1 aromatic heterocycles. The van der Waals surface area contributed by atoms with Gasteiger partial charge >= 0.3 is 0 Å². The van der Waals surface area contributed by atoms with E-state index in [-0.39, 0.29) is 17.6 Å². The largest absolute Gasteiger partial charge is 0.495 e. The van der Waals surface area contributed by atoms with E-state index in [1.807, 2.05) is 6.07 Å². The molecule has 146 valence electrons. The summed E-state index contributed by atoms with van der Waals surface area (Å²) in [5, 5.41) is 4.13. The monoisotopic (exact) mass is 419 g/mol. The molecule has 0 bridgehead atoms. The molecular formula is C20H19ClFN3O2S. The fourth-order valence-corrected chi connectivity index (χ4v) is 4.66. The third kappa shape index (κ3) is 3.77. The molecular weight excluding hydrogens is 401 g/mol. The summed E-state index contributed by atoms with van der Waals surface area (Å²) < 4.78 is 19.9.